The van der Waals surface area contributed by atoms with Gasteiger partial charge in [0.2, 0.25) is 5.91 Å². The van der Waals surface area contributed by atoms with Crippen molar-refractivity contribution in [3.63, 3.8) is 0 Å². The third kappa shape index (κ3) is 6.81. The SMILES string of the molecule is CCCCCCC(C(N)=O)c1ccc(OC)c(OCCCCC)c1. The Hall–Kier alpha value is -1.71. The minimum Gasteiger partial charge on any atom is -0.493 e. The Morgan fingerprint density at radius 2 is 1.75 bits per heavy atom. The number of hydrogen-bond acceptors (Lipinski definition) is 3. The minimum atomic E-state index is -0.270. The number of hydrogen-bond donors (Lipinski definition) is 1. The van der Waals surface area contributed by atoms with Crippen LogP contribution in [-0.2, 0) is 4.79 Å². The summed E-state index contributed by atoms with van der Waals surface area (Å²) < 4.78 is 11.2. The molecule has 4 heteroatoms. The fourth-order valence-electron chi connectivity index (χ4n) is 2.81. The van der Waals surface area contributed by atoms with E-state index in [0.717, 1.165) is 44.1 Å². The first-order valence-electron chi connectivity index (χ1n) is 9.24. The molecule has 0 aliphatic carbocycles. The Kier molecular flexibility index (Phi) is 9.97. The number of unbranched alkanes of at least 4 members (excludes halogenated alkanes) is 5. The number of nitrogens with two attached hydrogens (primary N) is 1. The van der Waals surface area contributed by atoms with Crippen molar-refractivity contribution in [2.24, 2.45) is 5.73 Å². The molecule has 0 aromatic heterocycles. The summed E-state index contributed by atoms with van der Waals surface area (Å²) in [5.74, 6) is 0.870. The van der Waals surface area contributed by atoms with Crippen LogP contribution < -0.4 is 15.2 Å². The quantitative estimate of drug-likeness (QED) is 0.526. The zero-order valence-corrected chi connectivity index (χ0v) is 15.5. The predicted molar refractivity (Wildman–Crippen MR) is 98.7 cm³/mol. The van der Waals surface area contributed by atoms with Crippen molar-refractivity contribution in [3.8, 4) is 11.5 Å². The van der Waals surface area contributed by atoms with Crippen LogP contribution in [0.25, 0.3) is 0 Å². The standard InChI is InChI=1S/C20H33NO3/c1-4-6-8-9-11-17(20(21)22)16-12-13-18(23-3)19(15-16)24-14-10-7-5-2/h12-13,15,17H,4-11,14H2,1-3H3,(H2,21,22). The molecule has 1 aromatic rings. The maximum atomic E-state index is 11.9. The lowest BCUT2D eigenvalue weighted by atomic mass is 9.92. The average molecular weight is 335 g/mol. The summed E-state index contributed by atoms with van der Waals surface area (Å²) in [6.07, 6.45) is 8.62. The molecule has 2 N–H and O–H groups in total. The number of ether oxygens (including phenoxy) is 2. The zero-order valence-electron chi connectivity index (χ0n) is 15.5. The second kappa shape index (κ2) is 11.8. The van der Waals surface area contributed by atoms with E-state index in [0.29, 0.717) is 18.1 Å². The molecule has 0 aliphatic rings. The molecule has 1 atom stereocenters. The van der Waals surface area contributed by atoms with Gasteiger partial charge >= 0.3 is 0 Å². The molecule has 136 valence electrons. The van der Waals surface area contributed by atoms with Gasteiger partial charge in [-0.15, -0.1) is 0 Å². The molecule has 1 amide bonds. The molecule has 0 saturated heterocycles. The highest BCUT2D eigenvalue weighted by Gasteiger charge is 2.19. The average Bonchev–Trinajstić information content (AvgIpc) is 2.58. The van der Waals surface area contributed by atoms with E-state index in [-0.39, 0.29) is 11.8 Å². The molecule has 1 unspecified atom stereocenters. The molecular formula is C20H33NO3. The van der Waals surface area contributed by atoms with Gasteiger partial charge in [0.1, 0.15) is 0 Å². The van der Waals surface area contributed by atoms with Crippen LogP contribution in [0, 0.1) is 0 Å². The normalized spacial score (nSPS) is 12.0. The first-order valence-corrected chi connectivity index (χ1v) is 9.24. The number of carbonyl (C=O) groups excluding carboxylic acids is 1. The number of methoxy groups -OCH3 is 1. The van der Waals surface area contributed by atoms with Crippen molar-refractivity contribution in [1.82, 2.24) is 0 Å². The number of primary amides is 1. The van der Waals surface area contributed by atoms with Gasteiger partial charge < -0.3 is 15.2 Å². The molecular weight excluding hydrogens is 302 g/mol. The maximum Gasteiger partial charge on any atom is 0.224 e. The molecule has 1 aromatic carbocycles. The van der Waals surface area contributed by atoms with Crippen molar-refractivity contribution in [2.45, 2.75) is 71.1 Å². The van der Waals surface area contributed by atoms with E-state index >= 15 is 0 Å². The largest absolute Gasteiger partial charge is 0.493 e. The number of rotatable bonds is 13. The molecule has 0 aliphatic heterocycles. The minimum absolute atomic E-state index is 0.259. The van der Waals surface area contributed by atoms with Crippen molar-refractivity contribution < 1.29 is 14.3 Å². The van der Waals surface area contributed by atoms with Crippen molar-refractivity contribution in [3.05, 3.63) is 23.8 Å². The second-order valence-electron chi connectivity index (χ2n) is 6.27. The van der Waals surface area contributed by atoms with Gasteiger partial charge in [0.25, 0.3) is 0 Å². The third-order valence-electron chi connectivity index (χ3n) is 4.29. The zero-order chi connectivity index (χ0) is 17.8. The molecule has 24 heavy (non-hydrogen) atoms. The lowest BCUT2D eigenvalue weighted by Gasteiger charge is -2.17. The van der Waals surface area contributed by atoms with Crippen LogP contribution in [0.5, 0.6) is 11.5 Å². The van der Waals surface area contributed by atoms with E-state index in [1.165, 1.54) is 12.8 Å². The Morgan fingerprint density at radius 1 is 1.04 bits per heavy atom. The highest BCUT2D eigenvalue weighted by molar-refractivity contribution is 5.82. The van der Waals surface area contributed by atoms with Crippen molar-refractivity contribution in [1.29, 1.82) is 0 Å². The van der Waals surface area contributed by atoms with Gasteiger partial charge in [0, 0.05) is 0 Å². The summed E-state index contributed by atoms with van der Waals surface area (Å²) in [6, 6.07) is 5.71. The van der Waals surface area contributed by atoms with Crippen LogP contribution in [0.3, 0.4) is 0 Å². The lowest BCUT2D eigenvalue weighted by molar-refractivity contribution is -0.119. The van der Waals surface area contributed by atoms with Gasteiger partial charge in [0.05, 0.1) is 19.6 Å². The van der Waals surface area contributed by atoms with E-state index in [1.54, 1.807) is 7.11 Å². The highest BCUT2D eigenvalue weighted by atomic mass is 16.5. The smallest absolute Gasteiger partial charge is 0.224 e. The summed E-state index contributed by atoms with van der Waals surface area (Å²) in [7, 11) is 1.63. The summed E-state index contributed by atoms with van der Waals surface area (Å²) in [4.78, 5) is 11.9. The first kappa shape index (κ1) is 20.3. The van der Waals surface area contributed by atoms with Gasteiger partial charge in [-0.2, -0.15) is 0 Å². The van der Waals surface area contributed by atoms with E-state index in [2.05, 4.69) is 13.8 Å². The van der Waals surface area contributed by atoms with Crippen LogP contribution in [-0.4, -0.2) is 19.6 Å². The molecule has 0 fully saturated rings. The fraction of sp³-hybridized carbons (Fsp3) is 0.650. The molecule has 0 radical (unpaired) electrons. The number of amides is 1. The Labute approximate surface area is 146 Å². The summed E-state index contributed by atoms with van der Waals surface area (Å²) >= 11 is 0. The Balaban J connectivity index is 2.80. The third-order valence-corrected chi connectivity index (χ3v) is 4.29. The van der Waals surface area contributed by atoms with E-state index in [1.807, 2.05) is 18.2 Å². The van der Waals surface area contributed by atoms with Crippen LogP contribution in [0.2, 0.25) is 0 Å². The molecule has 1 rings (SSSR count). The first-order chi connectivity index (χ1) is 11.6. The summed E-state index contributed by atoms with van der Waals surface area (Å²) in [5.41, 5.74) is 6.55. The van der Waals surface area contributed by atoms with Crippen LogP contribution in [0.1, 0.15) is 76.7 Å². The van der Waals surface area contributed by atoms with Crippen molar-refractivity contribution in [2.75, 3.05) is 13.7 Å². The van der Waals surface area contributed by atoms with Gasteiger partial charge in [-0.3, -0.25) is 4.79 Å². The van der Waals surface area contributed by atoms with Gasteiger partial charge in [0.15, 0.2) is 11.5 Å². The van der Waals surface area contributed by atoms with Crippen LogP contribution in [0.15, 0.2) is 18.2 Å². The Morgan fingerprint density at radius 3 is 2.38 bits per heavy atom. The molecule has 0 spiro atoms. The van der Waals surface area contributed by atoms with Crippen molar-refractivity contribution >= 4 is 5.91 Å². The van der Waals surface area contributed by atoms with Gasteiger partial charge in [-0.05, 0) is 30.5 Å². The number of benzene rings is 1. The molecule has 0 heterocycles. The second-order valence-corrected chi connectivity index (χ2v) is 6.27. The predicted octanol–water partition coefficient (Wildman–Crippen LogP) is 4.80. The van der Waals surface area contributed by atoms with Crippen LogP contribution >= 0.6 is 0 Å². The summed E-state index contributed by atoms with van der Waals surface area (Å²) in [6.45, 7) is 5.00. The topological polar surface area (TPSA) is 61.6 Å². The van der Waals surface area contributed by atoms with E-state index in [4.69, 9.17) is 15.2 Å². The molecule has 0 saturated carbocycles. The van der Waals surface area contributed by atoms with E-state index in [9.17, 15) is 4.79 Å². The fourth-order valence-corrected chi connectivity index (χ4v) is 2.81. The Bertz CT molecular complexity index is 488. The monoisotopic (exact) mass is 335 g/mol. The molecule has 4 nitrogen and oxygen atoms in total. The maximum absolute atomic E-state index is 11.9. The van der Waals surface area contributed by atoms with Gasteiger partial charge in [-0.1, -0.05) is 58.4 Å². The molecule has 0 bridgehead atoms. The van der Waals surface area contributed by atoms with Crippen LogP contribution in [0.4, 0.5) is 0 Å². The lowest BCUT2D eigenvalue weighted by Crippen LogP contribution is -2.21. The summed E-state index contributed by atoms with van der Waals surface area (Å²) in [5, 5.41) is 0. The van der Waals surface area contributed by atoms with Gasteiger partial charge in [-0.25, -0.2) is 0 Å². The van der Waals surface area contributed by atoms with E-state index < -0.39 is 0 Å². The highest BCUT2D eigenvalue weighted by Crippen LogP contribution is 2.33. The number of carbonyl (C=O) groups is 1.